The van der Waals surface area contributed by atoms with Crippen LogP contribution in [0.3, 0.4) is 0 Å². The number of benzene rings is 2. The summed E-state index contributed by atoms with van der Waals surface area (Å²) in [6, 6.07) is 12.5. The second-order valence-corrected chi connectivity index (χ2v) is 7.89. The number of carbonyl (C=O) groups is 1. The van der Waals surface area contributed by atoms with Crippen molar-refractivity contribution in [2.24, 2.45) is 0 Å². The van der Waals surface area contributed by atoms with Crippen LogP contribution in [0.2, 0.25) is 0 Å². The first kappa shape index (κ1) is 17.7. The van der Waals surface area contributed by atoms with Crippen LogP contribution in [-0.2, 0) is 11.2 Å². The Balaban J connectivity index is 1.56. The zero-order chi connectivity index (χ0) is 18.8. The lowest BCUT2D eigenvalue weighted by molar-refractivity contribution is -0.121. The summed E-state index contributed by atoms with van der Waals surface area (Å²) in [5.41, 5.74) is 4.44. The Morgan fingerprint density at radius 1 is 1.41 bits per heavy atom. The number of aromatic nitrogens is 1. The fraction of sp³-hybridized carbons (Fsp3) is 0.273. The van der Waals surface area contributed by atoms with E-state index in [0.29, 0.717) is 19.4 Å². The highest BCUT2D eigenvalue weighted by molar-refractivity contribution is 7.21. The number of thiazole rings is 1. The summed E-state index contributed by atoms with van der Waals surface area (Å²) in [4.78, 5) is 16.6. The third kappa shape index (κ3) is 3.74. The van der Waals surface area contributed by atoms with Crippen molar-refractivity contribution in [1.82, 2.24) is 10.3 Å². The first-order valence-electron chi connectivity index (χ1n) is 9.18. The van der Waals surface area contributed by atoms with E-state index in [1.807, 2.05) is 18.2 Å². The summed E-state index contributed by atoms with van der Waals surface area (Å²) in [6.07, 6.45) is 3.69. The molecule has 4 rings (SSSR count). The second kappa shape index (κ2) is 7.53. The number of aryl methyl sites for hydroxylation is 1. The Labute approximate surface area is 162 Å². The van der Waals surface area contributed by atoms with E-state index in [1.54, 1.807) is 17.4 Å². The van der Waals surface area contributed by atoms with Gasteiger partial charge in [-0.05, 0) is 42.7 Å². The van der Waals surface area contributed by atoms with Crippen molar-refractivity contribution >= 4 is 27.5 Å². The molecule has 0 saturated carbocycles. The molecule has 2 heterocycles. The quantitative estimate of drug-likeness (QED) is 0.635. The Bertz CT molecular complexity index is 976. The zero-order valence-electron chi connectivity index (χ0n) is 15.3. The molecular weight excluding hydrogens is 356 g/mol. The van der Waals surface area contributed by atoms with Gasteiger partial charge in [-0.3, -0.25) is 4.79 Å². The Kier molecular flexibility index (Phi) is 4.94. The summed E-state index contributed by atoms with van der Waals surface area (Å²) < 4.78 is 7.40. The number of para-hydroxylation sites is 1. The minimum absolute atomic E-state index is 0.0389. The van der Waals surface area contributed by atoms with Crippen LogP contribution in [0.1, 0.15) is 24.0 Å². The number of ether oxygens (including phenoxy) is 1. The van der Waals surface area contributed by atoms with Crippen LogP contribution < -0.4 is 10.1 Å². The number of allylic oxidation sites excluding steroid dienone is 1. The zero-order valence-corrected chi connectivity index (χ0v) is 16.1. The topological polar surface area (TPSA) is 51.2 Å². The fourth-order valence-corrected chi connectivity index (χ4v) is 4.38. The highest BCUT2D eigenvalue weighted by Gasteiger charge is 2.27. The van der Waals surface area contributed by atoms with Gasteiger partial charge in [0.25, 0.3) is 0 Å². The van der Waals surface area contributed by atoms with Gasteiger partial charge in [-0.25, -0.2) is 4.98 Å². The van der Waals surface area contributed by atoms with Gasteiger partial charge in [0.1, 0.15) is 16.9 Å². The van der Waals surface area contributed by atoms with E-state index in [1.165, 1.54) is 15.8 Å². The third-order valence-electron chi connectivity index (χ3n) is 4.67. The molecule has 2 aromatic carbocycles. The predicted molar refractivity (Wildman–Crippen MR) is 110 cm³/mol. The van der Waals surface area contributed by atoms with Gasteiger partial charge in [0.2, 0.25) is 5.91 Å². The summed E-state index contributed by atoms with van der Waals surface area (Å²) in [5.74, 6) is 0.946. The van der Waals surface area contributed by atoms with Crippen molar-refractivity contribution in [3.63, 3.8) is 0 Å². The van der Waals surface area contributed by atoms with Crippen molar-refractivity contribution in [2.45, 2.75) is 32.3 Å². The van der Waals surface area contributed by atoms with Gasteiger partial charge in [0.15, 0.2) is 0 Å². The van der Waals surface area contributed by atoms with E-state index in [0.717, 1.165) is 28.3 Å². The minimum Gasteiger partial charge on any atom is -0.487 e. The van der Waals surface area contributed by atoms with E-state index in [9.17, 15) is 4.79 Å². The van der Waals surface area contributed by atoms with Crippen molar-refractivity contribution in [2.75, 3.05) is 6.54 Å². The summed E-state index contributed by atoms with van der Waals surface area (Å²) in [5, 5.41) is 3.94. The van der Waals surface area contributed by atoms with Crippen LogP contribution in [-0.4, -0.2) is 23.5 Å². The molecule has 138 valence electrons. The Morgan fingerprint density at radius 2 is 2.26 bits per heavy atom. The van der Waals surface area contributed by atoms with Crippen molar-refractivity contribution in [3.8, 4) is 16.3 Å². The molecule has 0 spiro atoms. The van der Waals surface area contributed by atoms with E-state index in [-0.39, 0.29) is 12.0 Å². The van der Waals surface area contributed by atoms with Gasteiger partial charge in [-0.2, -0.15) is 0 Å². The number of nitrogens with zero attached hydrogens (tertiary/aromatic N) is 1. The van der Waals surface area contributed by atoms with Crippen LogP contribution in [0, 0.1) is 6.92 Å². The van der Waals surface area contributed by atoms with Gasteiger partial charge in [-0.15, -0.1) is 17.9 Å². The molecule has 0 aliphatic carbocycles. The largest absolute Gasteiger partial charge is 0.487 e. The highest BCUT2D eigenvalue weighted by atomic mass is 32.1. The number of nitrogens with one attached hydrogen (secondary N) is 1. The van der Waals surface area contributed by atoms with Gasteiger partial charge in [0.05, 0.1) is 22.3 Å². The van der Waals surface area contributed by atoms with Crippen molar-refractivity contribution < 1.29 is 9.53 Å². The third-order valence-corrected chi connectivity index (χ3v) is 5.74. The summed E-state index contributed by atoms with van der Waals surface area (Å²) >= 11 is 1.68. The maximum atomic E-state index is 11.9. The van der Waals surface area contributed by atoms with Gasteiger partial charge in [0, 0.05) is 12.8 Å². The van der Waals surface area contributed by atoms with Crippen LogP contribution >= 0.6 is 11.3 Å². The monoisotopic (exact) mass is 378 g/mol. The lowest BCUT2D eigenvalue weighted by atomic mass is 10.0. The molecule has 0 saturated heterocycles. The molecule has 3 aromatic rings. The molecule has 1 N–H and O–H groups in total. The van der Waals surface area contributed by atoms with Crippen LogP contribution in [0.4, 0.5) is 0 Å². The minimum atomic E-state index is -0.0393. The molecule has 4 nitrogen and oxygen atoms in total. The number of hydrogen-bond acceptors (Lipinski definition) is 4. The van der Waals surface area contributed by atoms with E-state index in [2.05, 4.69) is 37.0 Å². The molecule has 1 atom stereocenters. The first-order valence-corrected chi connectivity index (χ1v) is 9.99. The average molecular weight is 378 g/mol. The molecular formula is C22H22N2O2S. The van der Waals surface area contributed by atoms with E-state index >= 15 is 0 Å². The highest BCUT2D eigenvalue weighted by Crippen LogP contribution is 2.42. The molecule has 0 bridgehead atoms. The summed E-state index contributed by atoms with van der Waals surface area (Å²) in [7, 11) is 0. The molecule has 1 unspecified atom stereocenters. The van der Waals surface area contributed by atoms with E-state index < -0.39 is 0 Å². The normalized spacial score (nSPS) is 15.4. The van der Waals surface area contributed by atoms with Gasteiger partial charge < -0.3 is 10.1 Å². The number of amides is 1. The molecule has 27 heavy (non-hydrogen) atoms. The first-order chi connectivity index (χ1) is 13.1. The summed E-state index contributed by atoms with van der Waals surface area (Å²) in [6.45, 7) is 6.27. The van der Waals surface area contributed by atoms with Crippen molar-refractivity contribution in [1.29, 1.82) is 0 Å². The SMILES string of the molecule is C=CCCC(=O)NCC1Cc2cc(C)cc(-c3nc4ccccc4s3)c2O1. The smallest absolute Gasteiger partial charge is 0.220 e. The molecule has 1 aliphatic rings. The molecule has 1 amide bonds. The van der Waals surface area contributed by atoms with Crippen LogP contribution in [0.25, 0.3) is 20.8 Å². The number of rotatable bonds is 6. The molecule has 1 aliphatic heterocycles. The standard InChI is InChI=1S/C22H22N2O2S/c1-3-4-9-20(25)23-13-16-12-15-10-14(2)11-17(21(15)26-16)22-24-18-7-5-6-8-19(18)27-22/h3,5-8,10-11,16H,1,4,9,12-13H2,2H3,(H,23,25). The van der Waals surface area contributed by atoms with Crippen LogP contribution in [0.15, 0.2) is 49.1 Å². The molecule has 5 heteroatoms. The van der Waals surface area contributed by atoms with Gasteiger partial charge in [-0.1, -0.05) is 24.3 Å². The predicted octanol–water partition coefficient (Wildman–Crippen LogP) is 4.66. The molecule has 0 radical (unpaired) electrons. The second-order valence-electron chi connectivity index (χ2n) is 6.86. The number of hydrogen-bond donors (Lipinski definition) is 1. The maximum absolute atomic E-state index is 11.9. The lowest BCUT2D eigenvalue weighted by Gasteiger charge is -2.13. The molecule has 1 aromatic heterocycles. The van der Waals surface area contributed by atoms with Crippen LogP contribution in [0.5, 0.6) is 5.75 Å². The maximum Gasteiger partial charge on any atom is 0.220 e. The average Bonchev–Trinajstić information content (AvgIpc) is 3.27. The number of fused-ring (bicyclic) bond motifs is 2. The Hall–Kier alpha value is -2.66. The van der Waals surface area contributed by atoms with Gasteiger partial charge >= 0.3 is 0 Å². The Morgan fingerprint density at radius 3 is 3.07 bits per heavy atom. The fourth-order valence-electron chi connectivity index (χ4n) is 3.40. The number of carbonyl (C=O) groups excluding carboxylic acids is 1. The van der Waals surface area contributed by atoms with E-state index in [4.69, 9.17) is 9.72 Å². The van der Waals surface area contributed by atoms with Crippen molar-refractivity contribution in [3.05, 3.63) is 60.2 Å². The molecule has 0 fully saturated rings. The lowest BCUT2D eigenvalue weighted by Crippen LogP contribution is -2.34.